The molecule has 0 heterocycles. The van der Waals surface area contributed by atoms with Crippen LogP contribution >= 0.6 is 0 Å². The van der Waals surface area contributed by atoms with Gasteiger partial charge < -0.3 is 10.6 Å². The van der Waals surface area contributed by atoms with Crippen molar-refractivity contribution in [3.8, 4) is 0 Å². The van der Waals surface area contributed by atoms with Gasteiger partial charge in [-0.25, -0.2) is 8.78 Å². The fourth-order valence-electron chi connectivity index (χ4n) is 1.58. The molecule has 0 aromatic heterocycles. The summed E-state index contributed by atoms with van der Waals surface area (Å²) in [6, 6.07) is 4.25. The van der Waals surface area contributed by atoms with E-state index in [9.17, 15) is 8.78 Å². The minimum absolute atomic E-state index is 0.120. The quantitative estimate of drug-likeness (QED) is 0.765. The first-order chi connectivity index (χ1) is 8.40. The summed E-state index contributed by atoms with van der Waals surface area (Å²) in [7, 11) is 0. The van der Waals surface area contributed by atoms with E-state index in [-0.39, 0.29) is 5.54 Å². The van der Waals surface area contributed by atoms with E-state index in [0.717, 1.165) is 25.6 Å². The number of halogens is 2. The normalized spacial score (nSPS) is 11.8. The molecule has 18 heavy (non-hydrogen) atoms. The van der Waals surface area contributed by atoms with Crippen molar-refractivity contribution in [1.82, 2.24) is 10.6 Å². The predicted octanol–water partition coefficient (Wildman–Crippen LogP) is 2.83. The summed E-state index contributed by atoms with van der Waals surface area (Å²) in [5, 5.41) is 6.48. The second kappa shape index (κ2) is 6.81. The zero-order chi connectivity index (χ0) is 13.6. The van der Waals surface area contributed by atoms with E-state index in [4.69, 9.17) is 0 Å². The van der Waals surface area contributed by atoms with Gasteiger partial charge in [0.05, 0.1) is 0 Å². The first-order valence-electron chi connectivity index (χ1n) is 6.29. The first kappa shape index (κ1) is 15.1. The van der Waals surface area contributed by atoms with Gasteiger partial charge in [0.1, 0.15) is 0 Å². The monoisotopic (exact) mass is 256 g/mol. The van der Waals surface area contributed by atoms with Crippen LogP contribution in [0.5, 0.6) is 0 Å². The molecule has 0 radical (unpaired) electrons. The summed E-state index contributed by atoms with van der Waals surface area (Å²) in [6.07, 6.45) is 0.953. The van der Waals surface area contributed by atoms with Crippen LogP contribution in [0.3, 0.4) is 0 Å². The lowest BCUT2D eigenvalue weighted by Gasteiger charge is -2.20. The van der Waals surface area contributed by atoms with Crippen molar-refractivity contribution in [2.24, 2.45) is 0 Å². The van der Waals surface area contributed by atoms with Gasteiger partial charge in [-0.2, -0.15) is 0 Å². The Morgan fingerprint density at radius 3 is 2.50 bits per heavy atom. The van der Waals surface area contributed by atoms with Gasteiger partial charge in [-0.3, -0.25) is 0 Å². The van der Waals surface area contributed by atoms with Crippen LogP contribution in [-0.4, -0.2) is 18.6 Å². The van der Waals surface area contributed by atoms with Gasteiger partial charge in [0.15, 0.2) is 11.6 Å². The summed E-state index contributed by atoms with van der Waals surface area (Å²) >= 11 is 0. The van der Waals surface area contributed by atoms with Crippen LogP contribution in [0.15, 0.2) is 18.2 Å². The Morgan fingerprint density at radius 2 is 1.83 bits per heavy atom. The highest BCUT2D eigenvalue weighted by Crippen LogP contribution is 2.10. The van der Waals surface area contributed by atoms with Crippen molar-refractivity contribution in [3.63, 3.8) is 0 Å². The second-order valence-electron chi connectivity index (χ2n) is 5.42. The lowest BCUT2D eigenvalue weighted by molar-refractivity contribution is 0.417. The molecule has 1 rings (SSSR count). The van der Waals surface area contributed by atoms with Crippen molar-refractivity contribution < 1.29 is 8.78 Å². The van der Waals surface area contributed by atoms with Crippen LogP contribution in [-0.2, 0) is 6.54 Å². The van der Waals surface area contributed by atoms with E-state index >= 15 is 0 Å². The van der Waals surface area contributed by atoms with E-state index in [0.29, 0.717) is 12.1 Å². The molecule has 0 spiro atoms. The molecule has 1 aromatic carbocycles. The van der Waals surface area contributed by atoms with Gasteiger partial charge in [0.25, 0.3) is 0 Å². The summed E-state index contributed by atoms with van der Waals surface area (Å²) in [5.41, 5.74) is 0.494. The predicted molar refractivity (Wildman–Crippen MR) is 70.4 cm³/mol. The number of benzene rings is 1. The molecule has 0 amide bonds. The molecule has 2 N–H and O–H groups in total. The molecule has 0 aliphatic heterocycles. The number of hydrogen-bond donors (Lipinski definition) is 2. The molecule has 0 saturated carbocycles. The van der Waals surface area contributed by atoms with Crippen LogP contribution in [0, 0.1) is 11.6 Å². The second-order valence-corrected chi connectivity index (χ2v) is 5.42. The highest BCUT2D eigenvalue weighted by atomic mass is 19.2. The minimum atomic E-state index is -0.788. The Kier molecular flexibility index (Phi) is 5.69. The van der Waals surface area contributed by atoms with Gasteiger partial charge in [-0.15, -0.1) is 0 Å². The Bertz CT molecular complexity index is 373. The SMILES string of the molecule is CC(C)(C)NCCCNCc1cccc(F)c1F. The summed E-state index contributed by atoms with van der Waals surface area (Å²) in [5.74, 6) is -1.54. The molecular weight excluding hydrogens is 234 g/mol. The van der Waals surface area contributed by atoms with Crippen LogP contribution in [0.4, 0.5) is 8.78 Å². The molecule has 0 aliphatic carbocycles. The molecule has 4 heteroatoms. The highest BCUT2D eigenvalue weighted by molar-refractivity contribution is 5.18. The van der Waals surface area contributed by atoms with Crippen LogP contribution in [0.1, 0.15) is 32.8 Å². The van der Waals surface area contributed by atoms with Gasteiger partial charge >= 0.3 is 0 Å². The van der Waals surface area contributed by atoms with E-state index in [2.05, 4.69) is 31.4 Å². The summed E-state index contributed by atoms with van der Waals surface area (Å²) in [6.45, 7) is 8.38. The number of nitrogens with one attached hydrogen (secondary N) is 2. The highest BCUT2D eigenvalue weighted by Gasteiger charge is 2.08. The van der Waals surface area contributed by atoms with Crippen molar-refractivity contribution in [2.45, 2.75) is 39.3 Å². The van der Waals surface area contributed by atoms with Crippen molar-refractivity contribution in [3.05, 3.63) is 35.4 Å². The van der Waals surface area contributed by atoms with E-state index < -0.39 is 11.6 Å². The molecule has 0 unspecified atom stereocenters. The molecule has 2 nitrogen and oxygen atoms in total. The molecule has 1 aromatic rings. The van der Waals surface area contributed by atoms with Crippen molar-refractivity contribution >= 4 is 0 Å². The maximum Gasteiger partial charge on any atom is 0.163 e. The molecule has 0 bridgehead atoms. The van der Waals surface area contributed by atoms with E-state index in [1.165, 1.54) is 6.07 Å². The topological polar surface area (TPSA) is 24.1 Å². The fourth-order valence-corrected chi connectivity index (χ4v) is 1.58. The van der Waals surface area contributed by atoms with Crippen molar-refractivity contribution in [1.29, 1.82) is 0 Å². The van der Waals surface area contributed by atoms with Crippen LogP contribution in [0.25, 0.3) is 0 Å². The summed E-state index contributed by atoms with van der Waals surface area (Å²) < 4.78 is 26.2. The molecule has 0 atom stereocenters. The van der Waals surface area contributed by atoms with E-state index in [1.807, 2.05) is 0 Å². The third kappa shape index (κ3) is 5.56. The zero-order valence-corrected chi connectivity index (χ0v) is 11.3. The lowest BCUT2D eigenvalue weighted by Crippen LogP contribution is -2.37. The Hall–Kier alpha value is -1.00. The molecule has 102 valence electrons. The average molecular weight is 256 g/mol. The Labute approximate surface area is 108 Å². The van der Waals surface area contributed by atoms with Crippen LogP contribution in [0.2, 0.25) is 0 Å². The average Bonchev–Trinajstić information content (AvgIpc) is 2.27. The number of rotatable bonds is 6. The maximum absolute atomic E-state index is 13.3. The molecule has 0 fully saturated rings. The van der Waals surface area contributed by atoms with Gasteiger partial charge in [0.2, 0.25) is 0 Å². The largest absolute Gasteiger partial charge is 0.313 e. The smallest absolute Gasteiger partial charge is 0.163 e. The van der Waals surface area contributed by atoms with Gasteiger partial charge in [0, 0.05) is 17.6 Å². The lowest BCUT2D eigenvalue weighted by atomic mass is 10.1. The third-order valence-corrected chi connectivity index (χ3v) is 2.53. The Morgan fingerprint density at radius 1 is 1.11 bits per heavy atom. The van der Waals surface area contributed by atoms with E-state index in [1.54, 1.807) is 6.07 Å². The molecule has 0 saturated heterocycles. The molecule has 0 aliphatic rings. The maximum atomic E-state index is 13.3. The molecular formula is C14H22F2N2. The third-order valence-electron chi connectivity index (χ3n) is 2.53. The van der Waals surface area contributed by atoms with Crippen molar-refractivity contribution in [2.75, 3.05) is 13.1 Å². The fraction of sp³-hybridized carbons (Fsp3) is 0.571. The first-order valence-corrected chi connectivity index (χ1v) is 6.29. The standard InChI is InChI=1S/C14H22F2N2/c1-14(2,3)18-9-5-8-17-10-11-6-4-7-12(15)13(11)16/h4,6-7,17-18H,5,8-10H2,1-3H3. The minimum Gasteiger partial charge on any atom is -0.313 e. The Balaban J connectivity index is 2.20. The van der Waals surface area contributed by atoms with Gasteiger partial charge in [-0.1, -0.05) is 12.1 Å². The zero-order valence-electron chi connectivity index (χ0n) is 11.3. The van der Waals surface area contributed by atoms with Gasteiger partial charge in [-0.05, 0) is 46.3 Å². The summed E-state index contributed by atoms with van der Waals surface area (Å²) in [4.78, 5) is 0. The van der Waals surface area contributed by atoms with Crippen LogP contribution < -0.4 is 10.6 Å². The number of hydrogen-bond acceptors (Lipinski definition) is 2.